The second-order valence-electron chi connectivity index (χ2n) is 8.59. The van der Waals surface area contributed by atoms with Crippen LogP contribution in [0.25, 0.3) is 0 Å². The first-order valence-electron chi connectivity index (χ1n) is 11.0. The van der Waals surface area contributed by atoms with Crippen LogP contribution >= 0.6 is 0 Å². The molecule has 2 heterocycles. The Morgan fingerprint density at radius 3 is 2.23 bits per heavy atom. The van der Waals surface area contributed by atoms with Crippen LogP contribution in [0.1, 0.15) is 62.8 Å². The van der Waals surface area contributed by atoms with Crippen molar-refractivity contribution in [3.05, 3.63) is 29.8 Å². The molecule has 3 nitrogen and oxygen atoms in total. The predicted octanol–water partition coefficient (Wildman–Crippen LogP) is 4.67. The first kappa shape index (κ1) is 18.3. The topological polar surface area (TPSA) is 15.7 Å². The van der Waals surface area contributed by atoms with Crippen LogP contribution in [0.15, 0.2) is 24.3 Å². The zero-order chi connectivity index (χ0) is 17.6. The summed E-state index contributed by atoms with van der Waals surface area (Å²) in [5.41, 5.74) is 3.16. The molecule has 0 unspecified atom stereocenters. The van der Waals surface area contributed by atoms with Crippen LogP contribution in [0.3, 0.4) is 0 Å². The molecule has 0 bridgehead atoms. The third kappa shape index (κ3) is 4.61. The molecule has 0 atom stereocenters. The van der Waals surface area contributed by atoms with Gasteiger partial charge in [-0.3, -0.25) is 4.90 Å². The Morgan fingerprint density at radius 2 is 1.50 bits per heavy atom. The van der Waals surface area contributed by atoms with E-state index >= 15 is 0 Å². The van der Waals surface area contributed by atoms with Gasteiger partial charge in [0.1, 0.15) is 0 Å². The zero-order valence-electron chi connectivity index (χ0n) is 16.4. The second kappa shape index (κ2) is 9.23. The van der Waals surface area contributed by atoms with Crippen LogP contribution < -0.4 is 4.90 Å². The van der Waals surface area contributed by atoms with Crippen molar-refractivity contribution in [3.63, 3.8) is 0 Å². The average Bonchev–Trinajstić information content (AvgIpc) is 2.99. The normalized spacial score (nSPS) is 24.5. The molecule has 1 aromatic rings. The maximum Gasteiger partial charge on any atom is 0.0469 e. The van der Waals surface area contributed by atoms with E-state index in [0.29, 0.717) is 0 Å². The summed E-state index contributed by atoms with van der Waals surface area (Å²) in [4.78, 5) is 5.36. The number of hydrogen-bond acceptors (Lipinski definition) is 3. The van der Waals surface area contributed by atoms with E-state index in [2.05, 4.69) is 34.1 Å². The van der Waals surface area contributed by atoms with Gasteiger partial charge in [0.05, 0.1) is 0 Å². The number of nitrogens with zero attached hydrogens (tertiary/aromatic N) is 2. The molecular weight excluding hydrogens is 320 g/mol. The van der Waals surface area contributed by atoms with E-state index in [1.54, 1.807) is 5.56 Å². The first-order valence-corrected chi connectivity index (χ1v) is 11.0. The molecule has 0 aromatic heterocycles. The molecule has 1 aliphatic carbocycles. The van der Waals surface area contributed by atoms with Gasteiger partial charge in [-0.15, -0.1) is 0 Å². The number of hydrogen-bond donors (Lipinski definition) is 0. The maximum absolute atomic E-state index is 5.52. The highest BCUT2D eigenvalue weighted by Gasteiger charge is 2.24. The van der Waals surface area contributed by atoms with Gasteiger partial charge in [0.15, 0.2) is 0 Å². The Kier molecular flexibility index (Phi) is 6.50. The average molecular weight is 357 g/mol. The molecule has 26 heavy (non-hydrogen) atoms. The van der Waals surface area contributed by atoms with E-state index in [-0.39, 0.29) is 0 Å². The molecule has 4 rings (SSSR count). The van der Waals surface area contributed by atoms with Crippen LogP contribution in [0.4, 0.5) is 5.69 Å². The number of piperazine rings is 1. The Labute approximate surface area is 159 Å². The van der Waals surface area contributed by atoms with Crippen molar-refractivity contribution >= 4 is 5.69 Å². The fraction of sp³-hybridized carbons (Fsp3) is 0.739. The highest BCUT2D eigenvalue weighted by molar-refractivity contribution is 5.55. The van der Waals surface area contributed by atoms with Crippen molar-refractivity contribution in [2.24, 2.45) is 5.92 Å². The molecule has 0 radical (unpaired) electrons. The minimum absolute atomic E-state index is 0.786. The van der Waals surface area contributed by atoms with E-state index in [9.17, 15) is 0 Å². The lowest BCUT2D eigenvalue weighted by Gasteiger charge is -2.39. The Hall–Kier alpha value is -1.06. The minimum Gasteiger partial charge on any atom is -0.381 e. The van der Waals surface area contributed by atoms with Crippen LogP contribution in [0.2, 0.25) is 0 Å². The predicted molar refractivity (Wildman–Crippen MR) is 109 cm³/mol. The molecule has 0 amide bonds. The Bertz CT molecular complexity index is 539. The van der Waals surface area contributed by atoms with Crippen molar-refractivity contribution in [2.75, 3.05) is 50.8 Å². The summed E-state index contributed by atoms with van der Waals surface area (Å²) in [6.07, 6.45) is 11.0. The molecule has 2 aliphatic heterocycles. The smallest absolute Gasteiger partial charge is 0.0469 e. The molecule has 2 saturated heterocycles. The molecule has 0 N–H and O–H groups in total. The highest BCUT2D eigenvalue weighted by Crippen LogP contribution is 2.37. The molecule has 0 spiro atoms. The fourth-order valence-corrected chi connectivity index (χ4v) is 5.18. The second-order valence-corrected chi connectivity index (χ2v) is 8.59. The minimum atomic E-state index is 0.786. The van der Waals surface area contributed by atoms with E-state index in [4.69, 9.17) is 4.74 Å². The summed E-state index contributed by atoms with van der Waals surface area (Å²) in [6, 6.07) is 9.29. The Balaban J connectivity index is 1.36. The molecule has 1 aromatic carbocycles. The van der Waals surface area contributed by atoms with Gasteiger partial charge < -0.3 is 9.64 Å². The van der Waals surface area contributed by atoms with Crippen molar-refractivity contribution in [1.29, 1.82) is 0 Å². The number of para-hydroxylation sites is 1. The Morgan fingerprint density at radius 1 is 0.808 bits per heavy atom. The van der Waals surface area contributed by atoms with Crippen LogP contribution in [-0.4, -0.2) is 50.8 Å². The van der Waals surface area contributed by atoms with Gasteiger partial charge in [0, 0.05) is 51.6 Å². The molecule has 3 fully saturated rings. The van der Waals surface area contributed by atoms with Gasteiger partial charge in [-0.1, -0.05) is 43.9 Å². The van der Waals surface area contributed by atoms with Crippen molar-refractivity contribution < 1.29 is 4.74 Å². The van der Waals surface area contributed by atoms with Crippen molar-refractivity contribution in [3.8, 4) is 0 Å². The lowest BCUT2D eigenvalue weighted by atomic mass is 9.90. The summed E-state index contributed by atoms with van der Waals surface area (Å²) < 4.78 is 5.52. The van der Waals surface area contributed by atoms with E-state index in [0.717, 1.165) is 25.0 Å². The summed E-state index contributed by atoms with van der Waals surface area (Å²) >= 11 is 0. The maximum atomic E-state index is 5.52. The number of ether oxygens (including phenoxy) is 1. The lowest BCUT2D eigenvalue weighted by Crippen LogP contribution is -2.48. The summed E-state index contributed by atoms with van der Waals surface area (Å²) in [6.45, 7) is 8.03. The van der Waals surface area contributed by atoms with Gasteiger partial charge >= 0.3 is 0 Å². The third-order valence-corrected chi connectivity index (χ3v) is 6.80. The summed E-state index contributed by atoms with van der Waals surface area (Å²) in [5, 5.41) is 0. The quantitative estimate of drug-likeness (QED) is 0.729. The number of anilines is 1. The van der Waals surface area contributed by atoms with Gasteiger partial charge in [0.2, 0.25) is 0 Å². The third-order valence-electron chi connectivity index (χ3n) is 6.80. The lowest BCUT2D eigenvalue weighted by molar-refractivity contribution is 0.0517. The number of rotatable bonds is 4. The van der Waals surface area contributed by atoms with Gasteiger partial charge in [-0.25, -0.2) is 0 Å². The van der Waals surface area contributed by atoms with Gasteiger partial charge in [-0.05, 0) is 49.1 Å². The van der Waals surface area contributed by atoms with Crippen molar-refractivity contribution in [2.45, 2.75) is 57.3 Å². The largest absolute Gasteiger partial charge is 0.381 e. The van der Waals surface area contributed by atoms with Crippen LogP contribution in [0.5, 0.6) is 0 Å². The van der Waals surface area contributed by atoms with Gasteiger partial charge in [0.25, 0.3) is 0 Å². The molecular formula is C23H36N2O. The number of benzene rings is 1. The first-order chi connectivity index (χ1) is 12.9. The van der Waals surface area contributed by atoms with E-state index in [1.807, 2.05) is 0 Å². The van der Waals surface area contributed by atoms with Gasteiger partial charge in [-0.2, -0.15) is 0 Å². The van der Waals surface area contributed by atoms with E-state index in [1.165, 1.54) is 89.8 Å². The summed E-state index contributed by atoms with van der Waals surface area (Å²) in [7, 11) is 0. The van der Waals surface area contributed by atoms with Crippen LogP contribution in [0, 0.1) is 5.92 Å². The standard InChI is InChI=1S/C23H36N2O/c1-2-4-8-21(7-3-1)22-9-5-6-10-23(22)25-15-13-24(14-16-25)19-20-11-17-26-18-12-20/h5-6,9-10,20-21H,1-4,7-8,11-19H2. The fourth-order valence-electron chi connectivity index (χ4n) is 5.18. The zero-order valence-corrected chi connectivity index (χ0v) is 16.4. The van der Waals surface area contributed by atoms with Crippen LogP contribution in [-0.2, 0) is 4.74 Å². The molecule has 3 heteroatoms. The SMILES string of the molecule is c1ccc(N2CCN(CC3CCOCC3)CC2)c(C2CCCCCC2)c1. The summed E-state index contributed by atoms with van der Waals surface area (Å²) in [5.74, 6) is 1.64. The monoisotopic (exact) mass is 356 g/mol. The van der Waals surface area contributed by atoms with Crippen molar-refractivity contribution in [1.82, 2.24) is 4.90 Å². The van der Waals surface area contributed by atoms with E-state index < -0.39 is 0 Å². The highest BCUT2D eigenvalue weighted by atomic mass is 16.5. The molecule has 1 saturated carbocycles. The molecule has 3 aliphatic rings. The molecule has 144 valence electrons.